The van der Waals surface area contributed by atoms with Crippen LogP contribution in [-0.4, -0.2) is 23.2 Å². The zero-order valence-electron chi connectivity index (χ0n) is 18.2. The molecule has 3 aromatic carbocycles. The number of carbonyl (C=O) groups excluding carboxylic acids is 2. The van der Waals surface area contributed by atoms with E-state index in [1.165, 1.54) is 4.90 Å². The van der Waals surface area contributed by atoms with Crippen molar-refractivity contribution < 1.29 is 19.1 Å². The number of thioether (sulfide) groups is 1. The summed E-state index contributed by atoms with van der Waals surface area (Å²) in [7, 11) is 1.58. The molecule has 1 aliphatic heterocycles. The molecule has 5 nitrogen and oxygen atoms in total. The van der Waals surface area contributed by atoms with Gasteiger partial charge in [0.25, 0.3) is 11.1 Å². The number of rotatable bonds is 7. The van der Waals surface area contributed by atoms with Gasteiger partial charge < -0.3 is 9.47 Å². The van der Waals surface area contributed by atoms with E-state index in [4.69, 9.17) is 9.47 Å². The van der Waals surface area contributed by atoms with E-state index in [-0.39, 0.29) is 17.7 Å². The summed E-state index contributed by atoms with van der Waals surface area (Å²) in [6, 6.07) is 21.4. The Hall–Kier alpha value is -2.78. The van der Waals surface area contributed by atoms with Crippen LogP contribution in [-0.2, 0) is 17.9 Å². The number of halogens is 1. The lowest BCUT2D eigenvalue weighted by molar-refractivity contribution is -0.123. The number of ether oxygens (including phenoxy) is 2. The number of hydrogen-bond acceptors (Lipinski definition) is 5. The quantitative estimate of drug-likeness (QED) is 0.242. The Morgan fingerprint density at radius 3 is 2.48 bits per heavy atom. The minimum Gasteiger partial charge on any atom is -0.493 e. The maximum absolute atomic E-state index is 12.9. The van der Waals surface area contributed by atoms with Crippen molar-refractivity contribution in [3.63, 3.8) is 0 Å². The second-order valence-electron chi connectivity index (χ2n) is 7.57. The minimum atomic E-state index is -0.287. The highest BCUT2D eigenvalue weighted by atomic mass is 127. The Balaban J connectivity index is 1.54. The molecule has 1 fully saturated rings. The van der Waals surface area contributed by atoms with Gasteiger partial charge >= 0.3 is 0 Å². The minimum absolute atomic E-state index is 0.261. The number of amides is 2. The first-order valence-corrected chi connectivity index (χ1v) is 12.2. The molecule has 168 valence electrons. The molecule has 33 heavy (non-hydrogen) atoms. The maximum atomic E-state index is 12.9. The molecule has 0 N–H and O–H groups in total. The van der Waals surface area contributed by atoms with Crippen molar-refractivity contribution in [3.8, 4) is 11.5 Å². The molecule has 0 atom stereocenters. The van der Waals surface area contributed by atoms with Gasteiger partial charge in [0.2, 0.25) is 0 Å². The molecule has 3 aromatic rings. The molecule has 0 aliphatic carbocycles. The molecule has 0 unspecified atom stereocenters. The number of carbonyl (C=O) groups is 2. The topological polar surface area (TPSA) is 55.8 Å². The third kappa shape index (κ3) is 5.59. The zero-order valence-corrected chi connectivity index (χ0v) is 21.2. The fraction of sp³-hybridized carbons (Fsp3) is 0.154. The highest BCUT2D eigenvalue weighted by Gasteiger charge is 2.35. The Kier molecular flexibility index (Phi) is 7.39. The van der Waals surface area contributed by atoms with Crippen LogP contribution in [0.15, 0.2) is 71.6 Å². The van der Waals surface area contributed by atoms with Gasteiger partial charge in [-0.3, -0.25) is 14.5 Å². The molecule has 0 saturated carbocycles. The fourth-order valence-corrected chi connectivity index (χ4v) is 5.09. The van der Waals surface area contributed by atoms with Crippen LogP contribution in [0.5, 0.6) is 11.5 Å². The zero-order chi connectivity index (χ0) is 23.4. The fourth-order valence-electron chi connectivity index (χ4n) is 3.47. The van der Waals surface area contributed by atoms with E-state index in [1.807, 2.05) is 73.7 Å². The van der Waals surface area contributed by atoms with E-state index >= 15 is 0 Å². The normalized spacial score (nSPS) is 14.8. The molecule has 4 rings (SSSR count). The maximum Gasteiger partial charge on any atom is 0.293 e. The highest BCUT2D eigenvalue weighted by molar-refractivity contribution is 14.1. The first-order valence-electron chi connectivity index (χ1n) is 10.3. The number of benzene rings is 3. The van der Waals surface area contributed by atoms with Crippen molar-refractivity contribution in [2.75, 3.05) is 7.11 Å². The van der Waals surface area contributed by atoms with Crippen LogP contribution >= 0.6 is 34.4 Å². The molecular weight excluding hydrogens is 549 g/mol. The summed E-state index contributed by atoms with van der Waals surface area (Å²) < 4.78 is 12.4. The second-order valence-corrected chi connectivity index (χ2v) is 9.72. The molecule has 1 saturated heterocycles. The predicted octanol–water partition coefficient (Wildman–Crippen LogP) is 6.42. The van der Waals surface area contributed by atoms with Crippen molar-refractivity contribution in [2.45, 2.75) is 20.1 Å². The molecule has 7 heteroatoms. The lowest BCUT2D eigenvalue weighted by Crippen LogP contribution is -2.27. The summed E-state index contributed by atoms with van der Waals surface area (Å²) in [5.41, 5.74) is 3.84. The van der Waals surface area contributed by atoms with Crippen molar-refractivity contribution in [3.05, 3.63) is 97.5 Å². The van der Waals surface area contributed by atoms with Gasteiger partial charge in [0.05, 0.1) is 22.1 Å². The van der Waals surface area contributed by atoms with E-state index in [0.29, 0.717) is 23.0 Å². The van der Waals surface area contributed by atoms with E-state index in [1.54, 1.807) is 13.2 Å². The Morgan fingerprint density at radius 1 is 1.00 bits per heavy atom. The number of aryl methyl sites for hydroxylation is 1. The Labute approximate surface area is 210 Å². The van der Waals surface area contributed by atoms with Gasteiger partial charge in [-0.05, 0) is 76.2 Å². The van der Waals surface area contributed by atoms with E-state index in [0.717, 1.165) is 37.6 Å². The first-order chi connectivity index (χ1) is 15.9. The number of methoxy groups -OCH3 is 1. The second kappa shape index (κ2) is 10.4. The van der Waals surface area contributed by atoms with Crippen LogP contribution in [0, 0.1) is 10.5 Å². The molecule has 0 aromatic heterocycles. The van der Waals surface area contributed by atoms with Crippen molar-refractivity contribution >= 4 is 51.6 Å². The molecule has 2 amide bonds. The van der Waals surface area contributed by atoms with Crippen molar-refractivity contribution in [2.24, 2.45) is 0 Å². The van der Waals surface area contributed by atoms with Gasteiger partial charge in [-0.2, -0.15) is 0 Å². The summed E-state index contributed by atoms with van der Waals surface area (Å²) in [4.78, 5) is 27.1. The summed E-state index contributed by atoms with van der Waals surface area (Å²) >= 11 is 3.15. The smallest absolute Gasteiger partial charge is 0.293 e. The number of imide groups is 1. The van der Waals surface area contributed by atoms with Crippen LogP contribution in [0.3, 0.4) is 0 Å². The van der Waals surface area contributed by atoms with Crippen molar-refractivity contribution in [1.82, 2.24) is 4.90 Å². The molecular formula is C26H22INO4S. The van der Waals surface area contributed by atoms with Crippen LogP contribution in [0.25, 0.3) is 6.08 Å². The van der Waals surface area contributed by atoms with Gasteiger partial charge in [-0.15, -0.1) is 0 Å². The summed E-state index contributed by atoms with van der Waals surface area (Å²) in [6.07, 6.45) is 1.73. The number of hydrogen-bond donors (Lipinski definition) is 0. The van der Waals surface area contributed by atoms with Crippen LogP contribution < -0.4 is 9.47 Å². The van der Waals surface area contributed by atoms with Crippen LogP contribution in [0.2, 0.25) is 0 Å². The largest absolute Gasteiger partial charge is 0.493 e. The summed E-state index contributed by atoms with van der Waals surface area (Å²) in [5.74, 6) is 0.930. The third-order valence-electron chi connectivity index (χ3n) is 5.07. The SMILES string of the molecule is COc1cc(/C=C2\SC(=O)N(Cc3cccc(C)c3)C2=O)cc(I)c1OCc1ccccc1. The average Bonchev–Trinajstić information content (AvgIpc) is 3.06. The van der Waals surface area contributed by atoms with Crippen molar-refractivity contribution in [1.29, 1.82) is 0 Å². The lowest BCUT2D eigenvalue weighted by atomic mass is 10.1. The molecule has 0 spiro atoms. The third-order valence-corrected chi connectivity index (χ3v) is 6.78. The Morgan fingerprint density at radius 2 is 1.76 bits per heavy atom. The van der Waals surface area contributed by atoms with Gasteiger partial charge in [-0.1, -0.05) is 60.2 Å². The predicted molar refractivity (Wildman–Crippen MR) is 139 cm³/mol. The monoisotopic (exact) mass is 571 g/mol. The summed E-state index contributed by atoms with van der Waals surface area (Å²) in [5, 5.41) is -0.266. The summed E-state index contributed by atoms with van der Waals surface area (Å²) in [6.45, 7) is 2.67. The molecule has 0 bridgehead atoms. The van der Waals surface area contributed by atoms with Crippen LogP contribution in [0.4, 0.5) is 4.79 Å². The first kappa shape index (κ1) is 23.4. The van der Waals surface area contributed by atoms with Crippen LogP contribution in [0.1, 0.15) is 22.3 Å². The molecule has 1 heterocycles. The van der Waals surface area contributed by atoms with Gasteiger partial charge in [0.1, 0.15) is 6.61 Å². The average molecular weight is 571 g/mol. The highest BCUT2D eigenvalue weighted by Crippen LogP contribution is 2.38. The lowest BCUT2D eigenvalue weighted by Gasteiger charge is -2.14. The number of nitrogens with zero attached hydrogens (tertiary/aromatic N) is 1. The van der Waals surface area contributed by atoms with Gasteiger partial charge in [0.15, 0.2) is 11.5 Å². The standard InChI is InChI=1S/C26H22INO4S/c1-17-7-6-10-19(11-17)15-28-25(29)23(33-26(28)30)14-20-12-21(27)24(22(13-20)31-2)32-16-18-8-4-3-5-9-18/h3-14H,15-16H2,1-2H3/b23-14-. The van der Waals surface area contributed by atoms with E-state index < -0.39 is 0 Å². The Bertz CT molecular complexity index is 1230. The van der Waals surface area contributed by atoms with Gasteiger partial charge in [0, 0.05) is 0 Å². The van der Waals surface area contributed by atoms with E-state index in [9.17, 15) is 9.59 Å². The van der Waals surface area contributed by atoms with Gasteiger partial charge in [-0.25, -0.2) is 0 Å². The molecule has 0 radical (unpaired) electrons. The molecule has 1 aliphatic rings. The van der Waals surface area contributed by atoms with E-state index in [2.05, 4.69) is 22.6 Å².